The molecule has 0 aromatic carbocycles. The zero-order chi connectivity index (χ0) is 12.5. The maximum atomic E-state index is 12.5. The summed E-state index contributed by atoms with van der Waals surface area (Å²) in [4.78, 5) is 19.3. The van der Waals surface area contributed by atoms with Gasteiger partial charge in [-0.1, -0.05) is 19.8 Å². The number of thiophene rings is 1. The van der Waals surface area contributed by atoms with Gasteiger partial charge in [-0.15, -0.1) is 11.3 Å². The molecule has 0 aliphatic heterocycles. The van der Waals surface area contributed by atoms with Crippen LogP contribution in [0, 0.1) is 0 Å². The molecular formula is C14H18N2OS. The van der Waals surface area contributed by atoms with E-state index in [2.05, 4.69) is 11.9 Å². The quantitative estimate of drug-likeness (QED) is 0.793. The van der Waals surface area contributed by atoms with Crippen LogP contribution in [0.3, 0.4) is 0 Å². The fourth-order valence-corrected chi connectivity index (χ4v) is 3.93. The normalized spacial score (nSPS) is 14.3. The molecule has 0 N–H and O–H groups in total. The van der Waals surface area contributed by atoms with Crippen molar-refractivity contribution in [3.63, 3.8) is 0 Å². The van der Waals surface area contributed by atoms with Crippen LogP contribution in [0.4, 0.5) is 0 Å². The monoisotopic (exact) mass is 262 g/mol. The molecule has 2 heterocycles. The minimum absolute atomic E-state index is 0.176. The highest BCUT2D eigenvalue weighted by Gasteiger charge is 2.20. The molecule has 0 atom stereocenters. The van der Waals surface area contributed by atoms with E-state index in [1.54, 1.807) is 22.2 Å². The Bertz CT molecular complexity index is 626. The Morgan fingerprint density at radius 1 is 1.39 bits per heavy atom. The first-order valence-corrected chi connectivity index (χ1v) is 7.62. The molecule has 3 nitrogen and oxygen atoms in total. The molecule has 1 aliphatic rings. The minimum Gasteiger partial charge on any atom is -0.299 e. The summed E-state index contributed by atoms with van der Waals surface area (Å²) >= 11 is 1.71. The number of rotatable bonds is 4. The van der Waals surface area contributed by atoms with E-state index in [1.807, 2.05) is 0 Å². The van der Waals surface area contributed by atoms with Gasteiger partial charge in [0.15, 0.2) is 0 Å². The van der Waals surface area contributed by atoms with E-state index in [-0.39, 0.29) is 5.56 Å². The van der Waals surface area contributed by atoms with Crippen LogP contribution >= 0.6 is 11.3 Å². The van der Waals surface area contributed by atoms with Crippen LogP contribution in [0.15, 0.2) is 11.1 Å². The predicted molar refractivity (Wildman–Crippen MR) is 75.4 cm³/mol. The van der Waals surface area contributed by atoms with Crippen LogP contribution in [0.5, 0.6) is 0 Å². The molecule has 0 amide bonds. The third-order valence-corrected chi connectivity index (χ3v) is 4.89. The van der Waals surface area contributed by atoms with Crippen molar-refractivity contribution in [1.82, 2.24) is 9.55 Å². The lowest BCUT2D eigenvalue weighted by molar-refractivity contribution is 0.584. The van der Waals surface area contributed by atoms with Gasteiger partial charge in [-0.2, -0.15) is 0 Å². The predicted octanol–water partition coefficient (Wildman–Crippen LogP) is 3.14. The minimum atomic E-state index is 0.176. The number of unbranched alkanes of at least 4 members (excludes halogenated alkanes) is 2. The summed E-state index contributed by atoms with van der Waals surface area (Å²) in [6.07, 6.45) is 8.53. The Morgan fingerprint density at radius 2 is 2.28 bits per heavy atom. The standard InChI is InChI=1S/C14H18N2OS/c1-2-3-4-8-16-9-15-13-12(14(16)17)10-6-5-7-11(10)18-13/h9H,2-8H2,1H3. The molecule has 0 saturated carbocycles. The van der Waals surface area contributed by atoms with Crippen LogP contribution in [-0.2, 0) is 19.4 Å². The van der Waals surface area contributed by atoms with E-state index >= 15 is 0 Å². The Labute approximate surface area is 110 Å². The fourth-order valence-electron chi connectivity index (χ4n) is 2.71. The lowest BCUT2D eigenvalue weighted by atomic mass is 10.2. The van der Waals surface area contributed by atoms with Gasteiger partial charge in [0, 0.05) is 11.4 Å². The maximum Gasteiger partial charge on any atom is 0.262 e. The van der Waals surface area contributed by atoms with Crippen molar-refractivity contribution >= 4 is 21.6 Å². The molecule has 2 aromatic heterocycles. The van der Waals surface area contributed by atoms with Crippen molar-refractivity contribution < 1.29 is 0 Å². The molecule has 0 spiro atoms. The third-order valence-electron chi connectivity index (χ3n) is 3.69. The molecule has 0 fully saturated rings. The van der Waals surface area contributed by atoms with E-state index < -0.39 is 0 Å². The number of hydrogen-bond donors (Lipinski definition) is 0. The number of aromatic nitrogens is 2. The lowest BCUT2D eigenvalue weighted by Gasteiger charge is -2.04. The van der Waals surface area contributed by atoms with E-state index in [0.717, 1.165) is 36.0 Å². The Hall–Kier alpha value is -1.16. The Kier molecular flexibility index (Phi) is 3.20. The largest absolute Gasteiger partial charge is 0.299 e. The highest BCUT2D eigenvalue weighted by molar-refractivity contribution is 7.18. The van der Waals surface area contributed by atoms with Gasteiger partial charge in [0.1, 0.15) is 4.83 Å². The van der Waals surface area contributed by atoms with Gasteiger partial charge >= 0.3 is 0 Å². The fraction of sp³-hybridized carbons (Fsp3) is 0.571. The van der Waals surface area contributed by atoms with Crippen LogP contribution in [0.2, 0.25) is 0 Å². The van der Waals surface area contributed by atoms with Crippen molar-refractivity contribution in [2.45, 2.75) is 52.0 Å². The van der Waals surface area contributed by atoms with E-state index in [9.17, 15) is 4.79 Å². The van der Waals surface area contributed by atoms with Gasteiger partial charge in [-0.25, -0.2) is 4.98 Å². The third kappa shape index (κ3) is 1.88. The molecule has 0 unspecified atom stereocenters. The summed E-state index contributed by atoms with van der Waals surface area (Å²) in [5, 5.41) is 0.909. The van der Waals surface area contributed by atoms with Crippen LogP contribution < -0.4 is 5.56 Å². The number of fused-ring (bicyclic) bond motifs is 3. The topological polar surface area (TPSA) is 34.9 Å². The molecule has 4 heteroatoms. The first-order chi connectivity index (χ1) is 8.81. The van der Waals surface area contributed by atoms with Crippen molar-refractivity contribution in [2.75, 3.05) is 0 Å². The molecule has 1 aliphatic carbocycles. The zero-order valence-corrected chi connectivity index (χ0v) is 11.6. The smallest absolute Gasteiger partial charge is 0.262 e. The molecule has 96 valence electrons. The second-order valence-corrected chi connectivity index (χ2v) is 6.07. The second kappa shape index (κ2) is 4.84. The van der Waals surface area contributed by atoms with Crippen molar-refractivity contribution in [3.05, 3.63) is 27.1 Å². The van der Waals surface area contributed by atoms with Crippen molar-refractivity contribution in [3.8, 4) is 0 Å². The van der Waals surface area contributed by atoms with Gasteiger partial charge in [-0.3, -0.25) is 9.36 Å². The molecule has 3 rings (SSSR count). The number of nitrogens with zero attached hydrogens (tertiary/aromatic N) is 2. The SMILES string of the molecule is CCCCCn1cnc2sc3c(c2c1=O)CCC3. The zero-order valence-electron chi connectivity index (χ0n) is 10.7. The molecule has 18 heavy (non-hydrogen) atoms. The summed E-state index contributed by atoms with van der Waals surface area (Å²) in [5.41, 5.74) is 1.47. The van der Waals surface area contributed by atoms with Crippen molar-refractivity contribution in [1.29, 1.82) is 0 Å². The first kappa shape index (κ1) is 11.9. The second-order valence-electron chi connectivity index (χ2n) is 4.99. The van der Waals surface area contributed by atoms with Crippen molar-refractivity contribution in [2.24, 2.45) is 0 Å². The lowest BCUT2D eigenvalue weighted by Crippen LogP contribution is -2.20. The van der Waals surface area contributed by atoms with E-state index in [1.165, 1.54) is 29.7 Å². The molecule has 0 radical (unpaired) electrons. The molecule has 0 saturated heterocycles. The summed E-state index contributed by atoms with van der Waals surface area (Å²) in [6, 6.07) is 0. The summed E-state index contributed by atoms with van der Waals surface area (Å²) in [5.74, 6) is 0. The van der Waals surface area contributed by atoms with E-state index in [4.69, 9.17) is 0 Å². The molecule has 2 aromatic rings. The maximum absolute atomic E-state index is 12.5. The van der Waals surface area contributed by atoms with Gasteiger partial charge in [0.05, 0.1) is 11.7 Å². The summed E-state index contributed by atoms with van der Waals surface area (Å²) in [6.45, 7) is 2.98. The summed E-state index contributed by atoms with van der Waals surface area (Å²) in [7, 11) is 0. The van der Waals surface area contributed by atoms with Crippen LogP contribution in [0.25, 0.3) is 10.2 Å². The first-order valence-electron chi connectivity index (χ1n) is 6.81. The van der Waals surface area contributed by atoms with Crippen LogP contribution in [-0.4, -0.2) is 9.55 Å². The van der Waals surface area contributed by atoms with E-state index in [0.29, 0.717) is 0 Å². The highest BCUT2D eigenvalue weighted by Crippen LogP contribution is 2.34. The van der Waals surface area contributed by atoms with Gasteiger partial charge in [-0.05, 0) is 31.2 Å². The molecule has 0 bridgehead atoms. The summed E-state index contributed by atoms with van der Waals surface area (Å²) < 4.78 is 1.79. The Morgan fingerprint density at radius 3 is 3.11 bits per heavy atom. The average Bonchev–Trinajstić information content (AvgIpc) is 2.92. The number of aryl methyl sites for hydroxylation is 3. The van der Waals surface area contributed by atoms with Gasteiger partial charge in [0.25, 0.3) is 5.56 Å². The van der Waals surface area contributed by atoms with Gasteiger partial charge in [0.2, 0.25) is 0 Å². The highest BCUT2D eigenvalue weighted by atomic mass is 32.1. The number of hydrogen-bond acceptors (Lipinski definition) is 3. The van der Waals surface area contributed by atoms with Crippen LogP contribution in [0.1, 0.15) is 43.0 Å². The molecular weight excluding hydrogens is 244 g/mol. The van der Waals surface area contributed by atoms with Gasteiger partial charge < -0.3 is 0 Å². The average molecular weight is 262 g/mol. The Balaban J connectivity index is 2.02.